The van der Waals surface area contributed by atoms with Crippen molar-refractivity contribution in [3.63, 3.8) is 0 Å². The molecule has 2 rings (SSSR count). The Morgan fingerprint density at radius 1 is 0.935 bits per heavy atom. The Morgan fingerprint density at radius 2 is 1.61 bits per heavy atom. The number of amides is 1. The summed E-state index contributed by atoms with van der Waals surface area (Å²) in [6.45, 7) is 13.1. The van der Waals surface area contributed by atoms with Crippen molar-refractivity contribution in [3.05, 3.63) is 65.7 Å². The van der Waals surface area contributed by atoms with E-state index < -0.39 is 0 Å². The number of benzene rings is 2. The van der Waals surface area contributed by atoms with E-state index in [4.69, 9.17) is 4.74 Å². The molecule has 2 aromatic rings. The molecule has 1 amide bonds. The van der Waals surface area contributed by atoms with Crippen molar-refractivity contribution in [3.8, 4) is 5.75 Å². The average molecular weight is 425 g/mol. The van der Waals surface area contributed by atoms with Crippen LogP contribution in [0.4, 0.5) is 0 Å². The molecule has 1 atom stereocenters. The molecule has 0 aromatic heterocycles. The minimum Gasteiger partial charge on any atom is -0.494 e. The second kappa shape index (κ2) is 13.9. The quantitative estimate of drug-likeness (QED) is 0.398. The van der Waals surface area contributed by atoms with Gasteiger partial charge >= 0.3 is 0 Å². The van der Waals surface area contributed by atoms with Gasteiger partial charge in [-0.25, -0.2) is 0 Å². The SMILES string of the molecule is CCOc1ccc(CN(C(=O)CCc2ccccc2)C(C)CCCN(CC)CC)cc1. The Balaban J connectivity index is 2.02. The van der Waals surface area contributed by atoms with Crippen LogP contribution in [0.5, 0.6) is 5.75 Å². The fourth-order valence-corrected chi connectivity index (χ4v) is 3.89. The van der Waals surface area contributed by atoms with E-state index in [0.29, 0.717) is 19.6 Å². The van der Waals surface area contributed by atoms with Crippen LogP contribution in [0.25, 0.3) is 0 Å². The molecule has 0 heterocycles. The number of carbonyl (C=O) groups is 1. The lowest BCUT2D eigenvalue weighted by molar-refractivity contribution is -0.134. The molecule has 0 aliphatic rings. The second-order valence-electron chi connectivity index (χ2n) is 8.10. The number of hydrogen-bond acceptors (Lipinski definition) is 3. The van der Waals surface area contributed by atoms with Gasteiger partial charge in [0.05, 0.1) is 6.61 Å². The maximum Gasteiger partial charge on any atom is 0.223 e. The fourth-order valence-electron chi connectivity index (χ4n) is 3.89. The van der Waals surface area contributed by atoms with Gasteiger partial charge in [0.2, 0.25) is 5.91 Å². The molecule has 0 spiro atoms. The molecule has 0 bridgehead atoms. The highest BCUT2D eigenvalue weighted by molar-refractivity contribution is 5.76. The molecule has 170 valence electrons. The van der Waals surface area contributed by atoms with Gasteiger partial charge in [-0.3, -0.25) is 4.79 Å². The Morgan fingerprint density at radius 3 is 2.23 bits per heavy atom. The molecule has 0 saturated heterocycles. The maximum absolute atomic E-state index is 13.2. The molecule has 0 aliphatic heterocycles. The summed E-state index contributed by atoms with van der Waals surface area (Å²) in [6, 6.07) is 18.6. The highest BCUT2D eigenvalue weighted by Crippen LogP contribution is 2.18. The summed E-state index contributed by atoms with van der Waals surface area (Å²) in [6.07, 6.45) is 3.45. The number of nitrogens with zero attached hydrogens (tertiary/aromatic N) is 2. The van der Waals surface area contributed by atoms with E-state index in [1.807, 2.05) is 37.3 Å². The van der Waals surface area contributed by atoms with Gasteiger partial charge < -0.3 is 14.5 Å². The smallest absolute Gasteiger partial charge is 0.223 e. The molecule has 0 saturated carbocycles. The van der Waals surface area contributed by atoms with Crippen LogP contribution in [-0.2, 0) is 17.8 Å². The normalized spacial score (nSPS) is 12.0. The molecule has 31 heavy (non-hydrogen) atoms. The van der Waals surface area contributed by atoms with E-state index in [0.717, 1.165) is 50.2 Å². The van der Waals surface area contributed by atoms with Crippen LogP contribution in [0.1, 0.15) is 58.1 Å². The molecule has 0 aliphatic carbocycles. The van der Waals surface area contributed by atoms with Gasteiger partial charge in [0.1, 0.15) is 5.75 Å². The van der Waals surface area contributed by atoms with Crippen LogP contribution in [0.15, 0.2) is 54.6 Å². The zero-order valence-electron chi connectivity index (χ0n) is 19.8. The first-order valence-electron chi connectivity index (χ1n) is 11.8. The molecule has 0 radical (unpaired) electrons. The monoisotopic (exact) mass is 424 g/mol. The van der Waals surface area contributed by atoms with Gasteiger partial charge in [0.15, 0.2) is 0 Å². The molecule has 1 unspecified atom stereocenters. The van der Waals surface area contributed by atoms with Gasteiger partial charge in [-0.2, -0.15) is 0 Å². The van der Waals surface area contributed by atoms with Gasteiger partial charge in [-0.15, -0.1) is 0 Å². The third-order valence-corrected chi connectivity index (χ3v) is 5.90. The summed E-state index contributed by atoms with van der Waals surface area (Å²) in [7, 11) is 0. The predicted octanol–water partition coefficient (Wildman–Crippen LogP) is 5.56. The number of ether oxygens (including phenoxy) is 1. The Bertz CT molecular complexity index is 742. The molecule has 2 aromatic carbocycles. The summed E-state index contributed by atoms with van der Waals surface area (Å²) in [4.78, 5) is 17.7. The van der Waals surface area contributed by atoms with Crippen LogP contribution >= 0.6 is 0 Å². The van der Waals surface area contributed by atoms with E-state index >= 15 is 0 Å². The van der Waals surface area contributed by atoms with Gasteiger partial charge in [-0.1, -0.05) is 56.3 Å². The first-order valence-corrected chi connectivity index (χ1v) is 11.8. The van der Waals surface area contributed by atoms with E-state index in [2.05, 4.69) is 54.8 Å². The van der Waals surface area contributed by atoms with Crippen molar-refractivity contribution in [1.82, 2.24) is 9.80 Å². The second-order valence-corrected chi connectivity index (χ2v) is 8.10. The Kier molecular flexibility index (Phi) is 11.2. The lowest BCUT2D eigenvalue weighted by atomic mass is 10.1. The first kappa shape index (κ1) is 24.9. The number of hydrogen-bond donors (Lipinski definition) is 0. The van der Waals surface area contributed by atoms with Crippen LogP contribution in [0, 0.1) is 0 Å². The van der Waals surface area contributed by atoms with Crippen molar-refractivity contribution < 1.29 is 9.53 Å². The largest absolute Gasteiger partial charge is 0.494 e. The zero-order valence-corrected chi connectivity index (χ0v) is 19.8. The van der Waals surface area contributed by atoms with Gasteiger partial charge in [0.25, 0.3) is 0 Å². The van der Waals surface area contributed by atoms with Crippen LogP contribution < -0.4 is 4.74 Å². The van der Waals surface area contributed by atoms with E-state index in [-0.39, 0.29) is 11.9 Å². The van der Waals surface area contributed by atoms with Crippen LogP contribution in [-0.4, -0.2) is 48.0 Å². The summed E-state index contributed by atoms with van der Waals surface area (Å²) in [5, 5.41) is 0. The van der Waals surface area contributed by atoms with Gasteiger partial charge in [0, 0.05) is 19.0 Å². The summed E-state index contributed by atoms with van der Waals surface area (Å²) < 4.78 is 5.56. The molecule has 0 N–H and O–H groups in total. The van der Waals surface area contributed by atoms with Crippen molar-refractivity contribution in [1.29, 1.82) is 0 Å². The van der Waals surface area contributed by atoms with E-state index in [9.17, 15) is 4.79 Å². The maximum atomic E-state index is 13.2. The lowest BCUT2D eigenvalue weighted by Gasteiger charge is -2.30. The van der Waals surface area contributed by atoms with Gasteiger partial charge in [-0.05, 0) is 76.0 Å². The molecular weight excluding hydrogens is 384 g/mol. The third kappa shape index (κ3) is 8.74. The summed E-state index contributed by atoms with van der Waals surface area (Å²) in [5.41, 5.74) is 2.36. The Labute approximate surface area is 189 Å². The molecule has 4 nitrogen and oxygen atoms in total. The number of aryl methyl sites for hydroxylation is 1. The number of carbonyl (C=O) groups excluding carboxylic acids is 1. The third-order valence-electron chi connectivity index (χ3n) is 5.90. The van der Waals surface area contributed by atoms with E-state index in [1.54, 1.807) is 0 Å². The minimum absolute atomic E-state index is 0.213. The highest BCUT2D eigenvalue weighted by Gasteiger charge is 2.20. The highest BCUT2D eigenvalue weighted by atomic mass is 16.5. The first-order chi connectivity index (χ1) is 15.1. The zero-order chi connectivity index (χ0) is 22.5. The van der Waals surface area contributed by atoms with Crippen LogP contribution in [0.3, 0.4) is 0 Å². The number of rotatable bonds is 14. The Hall–Kier alpha value is -2.33. The minimum atomic E-state index is 0.213. The standard InChI is InChI=1S/C27H40N2O2/c1-5-28(6-2)21-11-12-23(4)29(22-25-15-18-26(19-16-25)31-7-3)27(30)20-17-24-13-9-8-10-14-24/h8-10,13-16,18-19,23H,5-7,11-12,17,20-22H2,1-4H3. The van der Waals surface area contributed by atoms with Crippen molar-refractivity contribution in [2.75, 3.05) is 26.2 Å². The summed E-state index contributed by atoms with van der Waals surface area (Å²) in [5.74, 6) is 1.11. The van der Waals surface area contributed by atoms with Crippen LogP contribution in [0.2, 0.25) is 0 Å². The summed E-state index contributed by atoms with van der Waals surface area (Å²) >= 11 is 0. The van der Waals surface area contributed by atoms with Crippen molar-refractivity contribution in [2.24, 2.45) is 0 Å². The average Bonchev–Trinajstić information content (AvgIpc) is 2.80. The van der Waals surface area contributed by atoms with E-state index in [1.165, 1.54) is 5.56 Å². The van der Waals surface area contributed by atoms with Crippen molar-refractivity contribution in [2.45, 2.75) is 66.0 Å². The fraction of sp³-hybridized carbons (Fsp3) is 0.519. The van der Waals surface area contributed by atoms with Crippen molar-refractivity contribution >= 4 is 5.91 Å². The lowest BCUT2D eigenvalue weighted by Crippen LogP contribution is -2.38. The predicted molar refractivity (Wildman–Crippen MR) is 129 cm³/mol. The molecule has 0 fully saturated rings. The topological polar surface area (TPSA) is 32.8 Å². The molecule has 4 heteroatoms. The molecular formula is C27H40N2O2.